The van der Waals surface area contributed by atoms with Crippen molar-refractivity contribution < 1.29 is 0 Å². The molecule has 0 saturated carbocycles. The molecule has 0 bridgehead atoms. The largest absolute Gasteiger partial charge is 0.309 e. The van der Waals surface area contributed by atoms with Gasteiger partial charge in [0.25, 0.3) is 0 Å². The van der Waals surface area contributed by atoms with Gasteiger partial charge in [0.05, 0.1) is 33.4 Å². The van der Waals surface area contributed by atoms with E-state index in [4.69, 9.17) is 59.8 Å². The van der Waals surface area contributed by atoms with Crippen LogP contribution in [-0.2, 0) is 0 Å². The second-order valence-corrected chi connectivity index (χ2v) is 28.4. The minimum Gasteiger partial charge on any atom is -0.309 e. The number of para-hydroxylation sites is 2. The standard InChI is InChI=1S/C102H64N14/c1-9-30-65(31-10-1)91-103-92(66-32-11-2-12-33-66)108-99(107-91)75-52-56-87(115-85-50-27-25-48-79(85)83-63-77(54-58-89(83)115)101-111-95(69-38-17-5-18-39-69)105-96(112-101)70-40-19-6-20-41-70)81(61-75)73-46-29-47-74(60-73)82-62-76(100-109-93(67-34-13-3-14-35-67)104-94(110-100)68-36-15-4-16-37-68)53-57-88(82)116-86-51-28-26-49-80(86)84-64-78(55-59-90(84)116)102-113-97(71-42-21-7-22-43-71)106-98(114-102)72-44-23-8-24-45-72/h1-64H. The second-order valence-electron chi connectivity index (χ2n) is 28.4. The van der Waals surface area contributed by atoms with Crippen LogP contribution in [0.5, 0.6) is 0 Å². The minimum atomic E-state index is 0.519. The van der Waals surface area contributed by atoms with Crippen molar-refractivity contribution in [2.75, 3.05) is 0 Å². The van der Waals surface area contributed by atoms with E-state index in [-0.39, 0.29) is 0 Å². The molecule has 21 aromatic rings. The van der Waals surface area contributed by atoms with Gasteiger partial charge in [0.15, 0.2) is 69.9 Å². The van der Waals surface area contributed by atoms with E-state index < -0.39 is 0 Å². The number of nitrogens with zero attached hydrogens (tertiary/aromatic N) is 14. The van der Waals surface area contributed by atoms with Crippen LogP contribution >= 0.6 is 0 Å². The first-order valence-electron chi connectivity index (χ1n) is 38.4. The van der Waals surface area contributed by atoms with Crippen LogP contribution < -0.4 is 0 Å². The Morgan fingerprint density at radius 1 is 0.129 bits per heavy atom. The third-order valence-electron chi connectivity index (χ3n) is 21.1. The van der Waals surface area contributed by atoms with Crippen LogP contribution in [0.15, 0.2) is 388 Å². The number of hydrogen-bond donors (Lipinski definition) is 0. The Bertz CT molecular complexity index is 6630. The smallest absolute Gasteiger partial charge is 0.164 e. The third-order valence-corrected chi connectivity index (χ3v) is 21.1. The lowest BCUT2D eigenvalue weighted by Crippen LogP contribution is -2.03. The molecule has 116 heavy (non-hydrogen) atoms. The zero-order valence-electron chi connectivity index (χ0n) is 62.2. The summed E-state index contributed by atoms with van der Waals surface area (Å²) in [6, 6.07) is 133. The Balaban J connectivity index is 0.789. The number of fused-ring (bicyclic) bond motifs is 6. The molecule has 0 aliphatic rings. The van der Waals surface area contributed by atoms with Crippen LogP contribution in [0.1, 0.15) is 0 Å². The number of benzene rings is 15. The molecule has 15 aromatic carbocycles. The summed E-state index contributed by atoms with van der Waals surface area (Å²) in [5.41, 5.74) is 19.9. The molecule has 6 aromatic heterocycles. The predicted molar refractivity (Wildman–Crippen MR) is 465 cm³/mol. The zero-order chi connectivity index (χ0) is 76.8. The molecule has 0 amide bonds. The normalized spacial score (nSPS) is 11.4. The minimum absolute atomic E-state index is 0.519. The van der Waals surface area contributed by atoms with E-state index in [1.165, 1.54) is 0 Å². The summed E-state index contributed by atoms with van der Waals surface area (Å²) in [6.07, 6.45) is 0. The van der Waals surface area contributed by atoms with Crippen molar-refractivity contribution in [1.82, 2.24) is 68.9 Å². The Hall–Kier alpha value is -16.1. The number of aromatic nitrogens is 14. The highest BCUT2D eigenvalue weighted by Crippen LogP contribution is 2.45. The van der Waals surface area contributed by atoms with Gasteiger partial charge in [-0.3, -0.25) is 0 Å². The van der Waals surface area contributed by atoms with E-state index in [1.54, 1.807) is 0 Å². The van der Waals surface area contributed by atoms with Crippen LogP contribution in [0, 0.1) is 0 Å². The molecule has 0 spiro atoms. The molecule has 542 valence electrons. The summed E-state index contributed by atoms with van der Waals surface area (Å²) in [5, 5.41) is 4.15. The van der Waals surface area contributed by atoms with Crippen LogP contribution in [0.2, 0.25) is 0 Å². The molecule has 0 aliphatic heterocycles. The summed E-state index contributed by atoms with van der Waals surface area (Å²) >= 11 is 0. The van der Waals surface area contributed by atoms with Gasteiger partial charge < -0.3 is 9.13 Å². The van der Waals surface area contributed by atoms with Crippen molar-refractivity contribution in [2.24, 2.45) is 0 Å². The molecule has 21 rings (SSSR count). The Labute approximate surface area is 667 Å². The van der Waals surface area contributed by atoms with Gasteiger partial charge in [-0.05, 0) is 102 Å². The third kappa shape index (κ3) is 12.8. The van der Waals surface area contributed by atoms with Crippen LogP contribution in [0.4, 0.5) is 0 Å². The van der Waals surface area contributed by atoms with Crippen LogP contribution in [-0.4, -0.2) is 68.9 Å². The fourth-order valence-corrected chi connectivity index (χ4v) is 15.6. The van der Waals surface area contributed by atoms with Gasteiger partial charge >= 0.3 is 0 Å². The maximum atomic E-state index is 5.34. The SMILES string of the molecule is c1ccc(-c2nc(-c3ccccc3)nc(-c3ccc(-n4c5ccccc5c5cc(-c6nc(-c7ccccc7)nc(-c7ccccc7)n6)ccc54)c(-c4cccc(-c5cc(-c6nc(-c7ccccc7)nc(-c7ccccc7)n6)ccc5-n5c6ccccc6c6cc(-c7nc(-c8ccccc8)nc(-c8ccccc8)n7)ccc65)c4)c3)n2)cc1. The maximum absolute atomic E-state index is 5.34. The molecule has 0 radical (unpaired) electrons. The first kappa shape index (κ1) is 68.0. The molecule has 0 fully saturated rings. The van der Waals surface area contributed by atoms with Crippen molar-refractivity contribution in [3.05, 3.63) is 388 Å². The van der Waals surface area contributed by atoms with Gasteiger partial charge in [0.2, 0.25) is 0 Å². The van der Waals surface area contributed by atoms with Gasteiger partial charge in [-0.25, -0.2) is 59.8 Å². The summed E-state index contributed by atoms with van der Waals surface area (Å²) in [4.78, 5) is 62.6. The fraction of sp³-hybridized carbons (Fsp3) is 0. The Morgan fingerprint density at radius 2 is 0.328 bits per heavy atom. The van der Waals surface area contributed by atoms with Crippen molar-refractivity contribution in [2.45, 2.75) is 0 Å². The molecular weight excluding hydrogens is 1420 g/mol. The summed E-state index contributed by atoms with van der Waals surface area (Å²) in [6.45, 7) is 0. The number of hydrogen-bond acceptors (Lipinski definition) is 12. The lowest BCUT2D eigenvalue weighted by molar-refractivity contribution is 1.07. The summed E-state index contributed by atoms with van der Waals surface area (Å²) in [7, 11) is 0. The Kier molecular flexibility index (Phi) is 17.2. The molecule has 0 saturated heterocycles. The van der Waals surface area contributed by atoms with E-state index in [0.717, 1.165) is 144 Å². The molecule has 0 N–H and O–H groups in total. The quantitative estimate of drug-likeness (QED) is 0.0900. The van der Waals surface area contributed by atoms with E-state index in [2.05, 4.69) is 155 Å². The van der Waals surface area contributed by atoms with Crippen molar-refractivity contribution in [3.8, 4) is 170 Å². The van der Waals surface area contributed by atoms with Crippen LogP contribution in [0.25, 0.3) is 214 Å². The molecular formula is C102H64N14. The van der Waals surface area contributed by atoms with E-state index in [9.17, 15) is 0 Å². The first-order valence-corrected chi connectivity index (χ1v) is 38.4. The fourth-order valence-electron chi connectivity index (χ4n) is 15.6. The van der Waals surface area contributed by atoms with Gasteiger partial charge in [-0.1, -0.05) is 297 Å². The van der Waals surface area contributed by atoms with Gasteiger partial charge in [-0.2, -0.15) is 0 Å². The summed E-state index contributed by atoms with van der Waals surface area (Å²) < 4.78 is 4.76. The molecule has 0 aliphatic carbocycles. The van der Waals surface area contributed by atoms with E-state index in [0.29, 0.717) is 69.9 Å². The predicted octanol–water partition coefficient (Wildman–Crippen LogP) is 24.0. The second kappa shape index (κ2) is 29.3. The summed E-state index contributed by atoms with van der Waals surface area (Å²) in [5.74, 6) is 6.75. The zero-order valence-corrected chi connectivity index (χ0v) is 62.2. The monoisotopic (exact) mass is 1480 g/mol. The van der Waals surface area contributed by atoms with E-state index in [1.807, 2.05) is 243 Å². The van der Waals surface area contributed by atoms with Gasteiger partial charge in [-0.15, -0.1) is 0 Å². The van der Waals surface area contributed by atoms with Gasteiger partial charge in [0.1, 0.15) is 0 Å². The van der Waals surface area contributed by atoms with Crippen LogP contribution in [0.3, 0.4) is 0 Å². The van der Waals surface area contributed by atoms with E-state index >= 15 is 0 Å². The lowest BCUT2D eigenvalue weighted by atomic mass is 9.94. The highest BCUT2D eigenvalue weighted by atomic mass is 15.1. The lowest BCUT2D eigenvalue weighted by Gasteiger charge is -2.19. The van der Waals surface area contributed by atoms with Gasteiger partial charge in [0, 0.05) is 99.4 Å². The van der Waals surface area contributed by atoms with Crippen molar-refractivity contribution >= 4 is 43.6 Å². The highest BCUT2D eigenvalue weighted by Gasteiger charge is 2.25. The topological polar surface area (TPSA) is 165 Å². The first-order chi connectivity index (χ1) is 57.5. The van der Waals surface area contributed by atoms with Crippen molar-refractivity contribution in [1.29, 1.82) is 0 Å². The average Bonchev–Trinajstić information content (AvgIpc) is 1.59. The molecule has 0 unspecified atom stereocenters. The average molecular weight is 1490 g/mol. The highest BCUT2D eigenvalue weighted by molar-refractivity contribution is 6.12. The molecule has 6 heterocycles. The Morgan fingerprint density at radius 3 is 0.586 bits per heavy atom. The number of rotatable bonds is 16. The molecule has 14 nitrogen and oxygen atoms in total. The molecule has 0 atom stereocenters. The van der Waals surface area contributed by atoms with Crippen molar-refractivity contribution in [3.63, 3.8) is 0 Å². The molecule has 14 heteroatoms. The maximum Gasteiger partial charge on any atom is 0.164 e.